The number of nitrogens with two attached hydrogens (primary N) is 1. The van der Waals surface area contributed by atoms with Crippen molar-refractivity contribution in [2.75, 3.05) is 0 Å². The van der Waals surface area contributed by atoms with E-state index in [4.69, 9.17) is 5.73 Å². The van der Waals surface area contributed by atoms with Gasteiger partial charge in [-0.15, -0.1) is 0 Å². The number of hydrogen-bond donors (Lipinski definition) is 1. The summed E-state index contributed by atoms with van der Waals surface area (Å²) in [6.07, 6.45) is 1.08. The molecule has 0 aromatic carbocycles. The van der Waals surface area contributed by atoms with Gasteiger partial charge in [0.25, 0.3) is 0 Å². The van der Waals surface area contributed by atoms with Gasteiger partial charge in [0.05, 0.1) is 0 Å². The van der Waals surface area contributed by atoms with Crippen molar-refractivity contribution in [3.63, 3.8) is 0 Å². The molecular formula is C8H13N. The minimum Gasteiger partial charge on any atom is -0.359 e. The molecule has 0 rings (SSSR count). The van der Waals surface area contributed by atoms with Crippen LogP contribution in [0, 0.1) is 17.9 Å². The van der Waals surface area contributed by atoms with E-state index in [2.05, 4.69) is 32.4 Å². The Morgan fingerprint density at radius 3 is 2.67 bits per heavy atom. The third-order valence-corrected chi connectivity index (χ3v) is 1.44. The normalized spacial score (nSPS) is 11.3. The Labute approximate surface area is 56.9 Å². The fraction of sp³-hybridized carbons (Fsp3) is 0.500. The van der Waals surface area contributed by atoms with Gasteiger partial charge in [-0.1, -0.05) is 20.4 Å². The molecule has 0 heterocycles. The van der Waals surface area contributed by atoms with Gasteiger partial charge in [-0.05, 0) is 23.8 Å². The van der Waals surface area contributed by atoms with Crippen molar-refractivity contribution < 1.29 is 0 Å². The molecule has 2 N–H and O–H groups in total. The van der Waals surface area contributed by atoms with Crippen molar-refractivity contribution in [1.29, 1.82) is 0 Å². The highest BCUT2D eigenvalue weighted by atomic mass is 14.5. The van der Waals surface area contributed by atoms with Crippen LogP contribution in [-0.2, 0) is 0 Å². The van der Waals surface area contributed by atoms with E-state index in [9.17, 15) is 0 Å². The SMILES string of the molecule is C=C(C#CN)C(C)CC. The lowest BCUT2D eigenvalue weighted by Gasteiger charge is -2.03. The average Bonchev–Trinajstić information content (AvgIpc) is 1.87. The maximum atomic E-state index is 5.00. The van der Waals surface area contributed by atoms with Crippen LogP contribution in [-0.4, -0.2) is 0 Å². The monoisotopic (exact) mass is 123 g/mol. The molecule has 0 spiro atoms. The Bertz CT molecular complexity index is 148. The summed E-state index contributed by atoms with van der Waals surface area (Å²) in [7, 11) is 0. The Balaban J connectivity index is 3.83. The molecular weight excluding hydrogens is 110 g/mol. The van der Waals surface area contributed by atoms with Crippen LogP contribution < -0.4 is 5.73 Å². The smallest absolute Gasteiger partial charge is 0.00664 e. The van der Waals surface area contributed by atoms with Crippen molar-refractivity contribution in [2.24, 2.45) is 11.7 Å². The zero-order valence-corrected chi connectivity index (χ0v) is 6.07. The molecule has 0 fully saturated rings. The predicted molar refractivity (Wildman–Crippen MR) is 40.6 cm³/mol. The summed E-state index contributed by atoms with van der Waals surface area (Å²) in [4.78, 5) is 0. The van der Waals surface area contributed by atoms with Crippen LogP contribution in [0.15, 0.2) is 12.2 Å². The van der Waals surface area contributed by atoms with E-state index >= 15 is 0 Å². The van der Waals surface area contributed by atoms with Crippen molar-refractivity contribution in [3.8, 4) is 12.0 Å². The quantitative estimate of drug-likeness (QED) is 0.437. The molecule has 0 saturated carbocycles. The molecule has 1 atom stereocenters. The second-order valence-corrected chi connectivity index (χ2v) is 2.10. The highest BCUT2D eigenvalue weighted by Crippen LogP contribution is 2.09. The largest absolute Gasteiger partial charge is 0.359 e. The van der Waals surface area contributed by atoms with Crippen LogP contribution in [0.5, 0.6) is 0 Å². The fourth-order valence-corrected chi connectivity index (χ4v) is 0.462. The van der Waals surface area contributed by atoms with E-state index in [1.807, 2.05) is 0 Å². The van der Waals surface area contributed by atoms with E-state index in [0.29, 0.717) is 5.92 Å². The van der Waals surface area contributed by atoms with Crippen molar-refractivity contribution in [2.45, 2.75) is 20.3 Å². The van der Waals surface area contributed by atoms with Gasteiger partial charge < -0.3 is 5.73 Å². The molecule has 0 aromatic rings. The van der Waals surface area contributed by atoms with Gasteiger partial charge in [0.1, 0.15) is 0 Å². The maximum absolute atomic E-state index is 5.00. The van der Waals surface area contributed by atoms with Crippen LogP contribution in [0.3, 0.4) is 0 Å². The van der Waals surface area contributed by atoms with Gasteiger partial charge in [0.2, 0.25) is 0 Å². The van der Waals surface area contributed by atoms with Gasteiger partial charge in [-0.25, -0.2) is 0 Å². The molecule has 0 saturated heterocycles. The summed E-state index contributed by atoms with van der Waals surface area (Å²) >= 11 is 0. The average molecular weight is 123 g/mol. The van der Waals surface area contributed by atoms with Crippen molar-refractivity contribution in [3.05, 3.63) is 12.2 Å². The molecule has 1 nitrogen and oxygen atoms in total. The zero-order valence-electron chi connectivity index (χ0n) is 6.07. The van der Waals surface area contributed by atoms with Crippen molar-refractivity contribution in [1.82, 2.24) is 0 Å². The molecule has 0 aliphatic heterocycles. The first-order chi connectivity index (χ1) is 4.22. The van der Waals surface area contributed by atoms with Crippen LogP contribution in [0.2, 0.25) is 0 Å². The molecule has 9 heavy (non-hydrogen) atoms. The van der Waals surface area contributed by atoms with E-state index in [-0.39, 0.29) is 0 Å². The summed E-state index contributed by atoms with van der Waals surface area (Å²) in [5, 5.41) is 0. The van der Waals surface area contributed by atoms with E-state index in [1.165, 1.54) is 0 Å². The standard InChI is InChI=1S/C8H13N/c1-4-7(2)8(3)5-6-9/h7H,3-4,9H2,1-2H3. The number of hydrogen-bond acceptors (Lipinski definition) is 1. The first-order valence-corrected chi connectivity index (χ1v) is 3.12. The van der Waals surface area contributed by atoms with E-state index < -0.39 is 0 Å². The van der Waals surface area contributed by atoms with E-state index in [1.54, 1.807) is 0 Å². The minimum atomic E-state index is 0.473. The highest BCUT2D eigenvalue weighted by Gasteiger charge is 1.98. The first-order valence-electron chi connectivity index (χ1n) is 3.12. The molecule has 1 unspecified atom stereocenters. The highest BCUT2D eigenvalue weighted by molar-refractivity contribution is 5.26. The third-order valence-electron chi connectivity index (χ3n) is 1.44. The van der Waals surface area contributed by atoms with Crippen LogP contribution in [0.25, 0.3) is 0 Å². The molecule has 0 radical (unpaired) electrons. The molecule has 50 valence electrons. The van der Waals surface area contributed by atoms with Gasteiger partial charge in [0, 0.05) is 6.04 Å². The summed E-state index contributed by atoms with van der Waals surface area (Å²) < 4.78 is 0. The molecule has 0 aromatic heterocycles. The summed E-state index contributed by atoms with van der Waals surface area (Å²) in [6, 6.07) is 2.33. The van der Waals surface area contributed by atoms with Crippen LogP contribution >= 0.6 is 0 Å². The summed E-state index contributed by atoms with van der Waals surface area (Å²) in [5.74, 6) is 3.20. The van der Waals surface area contributed by atoms with Gasteiger partial charge in [0.15, 0.2) is 0 Å². The molecule has 1 heteroatoms. The Kier molecular flexibility index (Phi) is 3.62. The van der Waals surface area contributed by atoms with Gasteiger partial charge in [-0.3, -0.25) is 0 Å². The Morgan fingerprint density at radius 2 is 2.33 bits per heavy atom. The number of rotatable bonds is 2. The van der Waals surface area contributed by atoms with Crippen molar-refractivity contribution >= 4 is 0 Å². The van der Waals surface area contributed by atoms with E-state index in [0.717, 1.165) is 12.0 Å². The minimum absolute atomic E-state index is 0.473. The van der Waals surface area contributed by atoms with Gasteiger partial charge in [-0.2, -0.15) is 0 Å². The topological polar surface area (TPSA) is 26.0 Å². The Hall–Kier alpha value is -0.900. The molecule has 0 aliphatic rings. The molecule has 0 bridgehead atoms. The maximum Gasteiger partial charge on any atom is 0.00664 e. The lowest BCUT2D eigenvalue weighted by molar-refractivity contribution is 0.677. The zero-order chi connectivity index (χ0) is 7.28. The fourth-order valence-electron chi connectivity index (χ4n) is 0.462. The second kappa shape index (κ2) is 4.03. The van der Waals surface area contributed by atoms with Crippen LogP contribution in [0.1, 0.15) is 20.3 Å². The predicted octanol–water partition coefficient (Wildman–Crippen LogP) is 1.51. The summed E-state index contributed by atoms with van der Waals surface area (Å²) in [6.45, 7) is 7.96. The van der Waals surface area contributed by atoms with Crippen LogP contribution in [0.4, 0.5) is 0 Å². The lowest BCUT2D eigenvalue weighted by atomic mass is 10.0. The second-order valence-electron chi connectivity index (χ2n) is 2.10. The lowest BCUT2D eigenvalue weighted by Crippen LogP contribution is -1.94. The Morgan fingerprint density at radius 1 is 1.78 bits per heavy atom. The summed E-state index contributed by atoms with van der Waals surface area (Å²) in [5.41, 5.74) is 5.93. The third kappa shape index (κ3) is 2.81. The van der Waals surface area contributed by atoms with Gasteiger partial charge >= 0.3 is 0 Å². The number of allylic oxidation sites excluding steroid dienone is 1. The first kappa shape index (κ1) is 8.10. The molecule has 0 aliphatic carbocycles. The molecule has 0 amide bonds.